The van der Waals surface area contributed by atoms with Gasteiger partial charge < -0.3 is 0 Å². The minimum atomic E-state index is -4.51. The molecular formula is C22H27F3N2O. The Morgan fingerprint density at radius 3 is 2.54 bits per heavy atom. The second-order valence-corrected chi connectivity index (χ2v) is 8.26. The SMILES string of the molecule is CCCCCc1ccc2c([C@H](N3CC(C)(C)C(=O)N3)C(F)(F)F)cccc2c1. The van der Waals surface area contributed by atoms with Crippen LogP contribution in [0.4, 0.5) is 13.2 Å². The van der Waals surface area contributed by atoms with Gasteiger partial charge in [0, 0.05) is 6.54 Å². The zero-order valence-corrected chi connectivity index (χ0v) is 16.6. The number of carbonyl (C=O) groups excluding carboxylic acids is 1. The number of hydrogen-bond acceptors (Lipinski definition) is 2. The Bertz CT molecular complexity index is 860. The van der Waals surface area contributed by atoms with Crippen molar-refractivity contribution in [3.8, 4) is 0 Å². The van der Waals surface area contributed by atoms with E-state index in [-0.39, 0.29) is 18.0 Å². The Morgan fingerprint density at radius 1 is 1.18 bits per heavy atom. The molecule has 6 heteroatoms. The van der Waals surface area contributed by atoms with Crippen LogP contribution in [0.1, 0.15) is 57.2 Å². The van der Waals surface area contributed by atoms with E-state index in [1.807, 2.05) is 18.2 Å². The number of rotatable bonds is 6. The topological polar surface area (TPSA) is 32.3 Å². The summed E-state index contributed by atoms with van der Waals surface area (Å²) in [6.07, 6.45) is -0.252. The maximum atomic E-state index is 14.1. The third-order valence-corrected chi connectivity index (χ3v) is 5.39. The van der Waals surface area contributed by atoms with Crippen molar-refractivity contribution in [3.05, 3.63) is 47.5 Å². The summed E-state index contributed by atoms with van der Waals surface area (Å²) >= 11 is 0. The van der Waals surface area contributed by atoms with Gasteiger partial charge in [-0.15, -0.1) is 0 Å². The Labute approximate surface area is 163 Å². The number of unbranched alkanes of at least 4 members (excludes halogenated alkanes) is 2. The first kappa shape index (κ1) is 20.6. The average molecular weight is 392 g/mol. The van der Waals surface area contributed by atoms with Gasteiger partial charge in [-0.25, -0.2) is 5.01 Å². The van der Waals surface area contributed by atoms with Gasteiger partial charge in [0.05, 0.1) is 5.41 Å². The van der Waals surface area contributed by atoms with Crippen LogP contribution in [0.5, 0.6) is 0 Å². The Hall–Kier alpha value is -2.08. The zero-order chi connectivity index (χ0) is 20.5. The molecule has 0 aromatic heterocycles. The first-order valence-electron chi connectivity index (χ1n) is 9.79. The number of amides is 1. The van der Waals surface area contributed by atoms with Crippen molar-refractivity contribution in [1.82, 2.24) is 10.4 Å². The minimum Gasteiger partial charge on any atom is -0.287 e. The van der Waals surface area contributed by atoms with Crippen molar-refractivity contribution < 1.29 is 18.0 Å². The molecule has 1 atom stereocenters. The van der Waals surface area contributed by atoms with E-state index in [4.69, 9.17) is 0 Å². The predicted octanol–water partition coefficient (Wildman–Crippen LogP) is 5.55. The van der Waals surface area contributed by atoms with E-state index in [9.17, 15) is 18.0 Å². The summed E-state index contributed by atoms with van der Waals surface area (Å²) in [5.74, 6) is -0.389. The highest BCUT2D eigenvalue weighted by molar-refractivity contribution is 5.87. The van der Waals surface area contributed by atoms with Crippen molar-refractivity contribution in [1.29, 1.82) is 0 Å². The highest BCUT2D eigenvalue weighted by Gasteiger charge is 2.51. The standard InChI is InChI=1S/C22H27F3N2O/c1-4-5-6-8-15-11-12-17-16(13-15)9-7-10-18(17)19(22(23,24)25)27-14-21(2,3)20(28)26-27/h7,9-13,19H,4-6,8,14H2,1-3H3,(H,26,28)/t19-/m0/s1. The lowest BCUT2D eigenvalue weighted by molar-refractivity contribution is -0.191. The molecule has 0 bridgehead atoms. The number of hydrazine groups is 1. The van der Waals surface area contributed by atoms with Crippen molar-refractivity contribution in [2.45, 2.75) is 58.7 Å². The molecule has 152 valence electrons. The van der Waals surface area contributed by atoms with E-state index in [0.29, 0.717) is 5.39 Å². The van der Waals surface area contributed by atoms with Crippen LogP contribution < -0.4 is 5.43 Å². The summed E-state index contributed by atoms with van der Waals surface area (Å²) < 4.78 is 42.2. The number of hydrogen-bond donors (Lipinski definition) is 1. The maximum absolute atomic E-state index is 14.1. The van der Waals surface area contributed by atoms with Crippen LogP contribution in [0.15, 0.2) is 36.4 Å². The number of benzene rings is 2. The van der Waals surface area contributed by atoms with Crippen molar-refractivity contribution in [2.24, 2.45) is 5.41 Å². The predicted molar refractivity (Wildman–Crippen MR) is 105 cm³/mol. The van der Waals surface area contributed by atoms with E-state index in [1.165, 1.54) is 6.07 Å². The summed E-state index contributed by atoms with van der Waals surface area (Å²) in [6.45, 7) is 5.45. The normalized spacial score (nSPS) is 18.4. The van der Waals surface area contributed by atoms with E-state index >= 15 is 0 Å². The number of carbonyl (C=O) groups is 1. The quantitative estimate of drug-likeness (QED) is 0.654. The molecule has 1 saturated heterocycles. The monoisotopic (exact) mass is 392 g/mol. The Morgan fingerprint density at radius 2 is 1.93 bits per heavy atom. The van der Waals surface area contributed by atoms with E-state index in [0.717, 1.165) is 41.6 Å². The Kier molecular flexibility index (Phi) is 5.71. The fourth-order valence-corrected chi connectivity index (χ4v) is 3.83. The van der Waals surface area contributed by atoms with Crippen LogP contribution in [0.25, 0.3) is 10.8 Å². The van der Waals surface area contributed by atoms with E-state index in [1.54, 1.807) is 26.0 Å². The van der Waals surface area contributed by atoms with Gasteiger partial charge in [-0.05, 0) is 48.6 Å². The fraction of sp³-hybridized carbons (Fsp3) is 0.500. The van der Waals surface area contributed by atoms with Crippen LogP contribution in [0.3, 0.4) is 0 Å². The summed E-state index contributed by atoms with van der Waals surface area (Å²) in [7, 11) is 0. The van der Waals surface area contributed by atoms with Crippen LogP contribution in [0.2, 0.25) is 0 Å². The average Bonchev–Trinajstić information content (AvgIpc) is 2.86. The molecule has 1 heterocycles. The molecule has 1 aliphatic rings. The number of halogens is 3. The van der Waals surface area contributed by atoms with Gasteiger partial charge in [0.1, 0.15) is 0 Å². The summed E-state index contributed by atoms with van der Waals surface area (Å²) in [5, 5.41) is 2.40. The van der Waals surface area contributed by atoms with Gasteiger partial charge in [-0.1, -0.05) is 56.2 Å². The maximum Gasteiger partial charge on any atom is 0.409 e. The molecule has 2 aromatic rings. The lowest BCUT2D eigenvalue weighted by Crippen LogP contribution is -2.43. The second kappa shape index (κ2) is 7.74. The van der Waals surface area contributed by atoms with Crippen molar-refractivity contribution in [3.63, 3.8) is 0 Å². The Balaban J connectivity index is 2.00. The van der Waals surface area contributed by atoms with Crippen LogP contribution in [-0.2, 0) is 11.2 Å². The molecule has 0 spiro atoms. The fourth-order valence-electron chi connectivity index (χ4n) is 3.83. The molecule has 1 fully saturated rings. The number of fused-ring (bicyclic) bond motifs is 1. The molecule has 3 rings (SSSR count). The molecule has 1 aliphatic heterocycles. The molecule has 1 amide bonds. The van der Waals surface area contributed by atoms with Crippen molar-refractivity contribution in [2.75, 3.05) is 6.54 Å². The first-order chi connectivity index (χ1) is 13.1. The molecule has 2 aromatic carbocycles. The highest BCUT2D eigenvalue weighted by atomic mass is 19.4. The molecule has 1 N–H and O–H groups in total. The van der Waals surface area contributed by atoms with Crippen LogP contribution >= 0.6 is 0 Å². The van der Waals surface area contributed by atoms with Gasteiger partial charge in [0.15, 0.2) is 6.04 Å². The zero-order valence-electron chi connectivity index (χ0n) is 16.6. The summed E-state index contributed by atoms with van der Waals surface area (Å²) in [5.41, 5.74) is 2.88. The van der Waals surface area contributed by atoms with Crippen LogP contribution in [-0.4, -0.2) is 23.6 Å². The largest absolute Gasteiger partial charge is 0.409 e. The summed E-state index contributed by atoms with van der Waals surface area (Å²) in [4.78, 5) is 12.1. The first-order valence-corrected chi connectivity index (χ1v) is 9.79. The number of nitrogens with one attached hydrogen (secondary N) is 1. The molecule has 0 aliphatic carbocycles. The lowest BCUT2D eigenvalue weighted by Gasteiger charge is -2.30. The molecule has 0 saturated carbocycles. The summed E-state index contributed by atoms with van der Waals surface area (Å²) in [6, 6.07) is 8.82. The number of nitrogens with zero attached hydrogens (tertiary/aromatic N) is 1. The molecule has 3 nitrogen and oxygen atoms in total. The molecule has 28 heavy (non-hydrogen) atoms. The van der Waals surface area contributed by atoms with Gasteiger partial charge in [-0.3, -0.25) is 10.2 Å². The lowest BCUT2D eigenvalue weighted by atomic mass is 9.92. The highest BCUT2D eigenvalue weighted by Crippen LogP contribution is 2.42. The third-order valence-electron chi connectivity index (χ3n) is 5.39. The second-order valence-electron chi connectivity index (χ2n) is 8.26. The van der Waals surface area contributed by atoms with Gasteiger partial charge in [-0.2, -0.15) is 13.2 Å². The van der Waals surface area contributed by atoms with Crippen LogP contribution in [0, 0.1) is 5.41 Å². The van der Waals surface area contributed by atoms with Gasteiger partial charge in [0.2, 0.25) is 5.91 Å². The van der Waals surface area contributed by atoms with E-state index < -0.39 is 17.6 Å². The van der Waals surface area contributed by atoms with E-state index in [2.05, 4.69) is 12.3 Å². The third kappa shape index (κ3) is 4.17. The molecular weight excluding hydrogens is 365 g/mol. The van der Waals surface area contributed by atoms with Gasteiger partial charge in [0.25, 0.3) is 0 Å². The number of aryl methyl sites for hydroxylation is 1. The smallest absolute Gasteiger partial charge is 0.287 e. The molecule has 0 radical (unpaired) electrons. The van der Waals surface area contributed by atoms with Gasteiger partial charge >= 0.3 is 6.18 Å². The van der Waals surface area contributed by atoms with Crippen molar-refractivity contribution >= 4 is 16.7 Å². The minimum absolute atomic E-state index is 0.00149. The number of alkyl halides is 3. The molecule has 0 unspecified atom stereocenters.